The molecule has 0 aliphatic heterocycles. The second kappa shape index (κ2) is 15.0. The molecule has 0 fully saturated rings. The summed E-state index contributed by atoms with van der Waals surface area (Å²) in [5, 5.41) is 0. The van der Waals surface area contributed by atoms with Gasteiger partial charge in [-0.25, -0.2) is 0 Å². The van der Waals surface area contributed by atoms with E-state index in [1.807, 2.05) is 0 Å². The molecule has 0 aromatic carbocycles. The maximum Gasteiger partial charge on any atom is 0.500 e. The minimum Gasteiger partial charge on any atom is -0.377 e. The predicted octanol–water partition coefficient (Wildman–Crippen LogP) is 5.57. The average molecular weight is 328 g/mol. The van der Waals surface area contributed by atoms with Gasteiger partial charge in [0.2, 0.25) is 0 Å². The molecule has 0 unspecified atom stereocenters. The van der Waals surface area contributed by atoms with Crippen LogP contribution >= 0.6 is 0 Å². The van der Waals surface area contributed by atoms with Gasteiger partial charge in [-0.3, -0.25) is 0 Å². The quantitative estimate of drug-likeness (QED) is 0.274. The van der Waals surface area contributed by atoms with Crippen molar-refractivity contribution in [3.63, 3.8) is 0 Å². The normalized spacial score (nSPS) is 20.1. The molecule has 0 aromatic rings. The lowest BCUT2D eigenvalue weighted by Crippen LogP contribution is -2.42. The number of rotatable bonds is 16. The zero-order chi connectivity index (χ0) is 23.3. The third kappa shape index (κ3) is 11.3. The Morgan fingerprint density at radius 3 is 1.38 bits per heavy atom. The fraction of sp³-hybridized carbons (Fsp3) is 1.00. The first kappa shape index (κ1) is 10.1. The van der Waals surface area contributed by atoms with Gasteiger partial charge in [-0.05, 0) is 6.42 Å². The van der Waals surface area contributed by atoms with Gasteiger partial charge in [-0.2, -0.15) is 0 Å². The molecule has 0 heterocycles. The molecule has 0 atom stereocenters. The van der Waals surface area contributed by atoms with Crippen LogP contribution < -0.4 is 0 Å². The minimum atomic E-state index is -4.49. The van der Waals surface area contributed by atoms with E-state index in [1.165, 1.54) is 44.9 Å². The molecular weight excluding hydrogens is 280 g/mol. The van der Waals surface area contributed by atoms with E-state index < -0.39 is 29.9 Å². The van der Waals surface area contributed by atoms with E-state index in [0.717, 1.165) is 19.3 Å². The largest absolute Gasteiger partial charge is 0.500 e. The van der Waals surface area contributed by atoms with Crippen LogP contribution in [0.1, 0.15) is 96.3 Å². The van der Waals surface area contributed by atoms with Crippen LogP contribution in [0.2, 0.25) is 6.04 Å². The highest BCUT2D eigenvalue weighted by Crippen LogP contribution is 2.18. The Morgan fingerprint density at radius 1 is 0.619 bits per heavy atom. The number of hydrogen-bond acceptors (Lipinski definition) is 3. The molecular formula is C17H38O3Si. The molecule has 128 valence electrons. The van der Waals surface area contributed by atoms with Gasteiger partial charge in [0.15, 0.2) is 0 Å². The van der Waals surface area contributed by atoms with Crippen molar-refractivity contribution >= 4 is 8.80 Å². The first-order chi connectivity index (χ1) is 13.7. The van der Waals surface area contributed by atoms with Crippen LogP contribution in [0.4, 0.5) is 0 Å². The van der Waals surface area contributed by atoms with Gasteiger partial charge in [0.25, 0.3) is 0 Å². The molecule has 0 bridgehead atoms. The van der Waals surface area contributed by atoms with Gasteiger partial charge in [-0.1, -0.05) is 77.6 Å². The summed E-state index contributed by atoms with van der Waals surface area (Å²) < 4.78 is 80.1. The van der Waals surface area contributed by atoms with Gasteiger partial charge < -0.3 is 13.3 Å². The molecule has 0 spiro atoms. The van der Waals surface area contributed by atoms with Crippen molar-refractivity contribution in [1.82, 2.24) is 0 Å². The fourth-order valence-electron chi connectivity index (χ4n) is 2.40. The summed E-state index contributed by atoms with van der Waals surface area (Å²) >= 11 is 0. The van der Waals surface area contributed by atoms with Gasteiger partial charge in [0.1, 0.15) is 0 Å². The molecule has 21 heavy (non-hydrogen) atoms. The van der Waals surface area contributed by atoms with Crippen molar-refractivity contribution in [2.45, 2.75) is 90.0 Å². The molecule has 3 nitrogen and oxygen atoms in total. The zero-order valence-corrected chi connectivity index (χ0v) is 14.4. The minimum absolute atomic E-state index is 0.181. The maximum atomic E-state index is 7.29. The smallest absolute Gasteiger partial charge is 0.377 e. The van der Waals surface area contributed by atoms with E-state index in [1.54, 1.807) is 0 Å². The third-order valence-corrected chi connectivity index (χ3v) is 5.70. The Bertz CT molecular complexity index is 399. The standard InChI is InChI=1S/C17H38O3Si/c1-5-6-7-8-9-10-11-12-13-14-15-16-17-21(18-2,19-3)20-4/h5-17H2,1-4H3/i2D3,3D3,4D3. The Hall–Kier alpha value is 0.0969. The lowest BCUT2D eigenvalue weighted by molar-refractivity contribution is 0.122. The molecule has 0 rings (SSSR count). The first-order valence-electron chi connectivity index (χ1n) is 12.8. The first-order valence-corrected chi connectivity index (χ1v) is 10.2. The van der Waals surface area contributed by atoms with Crippen LogP contribution in [0, 0.1) is 0 Å². The van der Waals surface area contributed by atoms with Crippen LogP contribution in [0.25, 0.3) is 0 Å². The van der Waals surface area contributed by atoms with Crippen LogP contribution in [0.15, 0.2) is 0 Å². The lowest BCUT2D eigenvalue weighted by Gasteiger charge is -2.24. The van der Waals surface area contributed by atoms with Gasteiger partial charge >= 0.3 is 8.80 Å². The highest BCUT2D eigenvalue weighted by molar-refractivity contribution is 6.60. The van der Waals surface area contributed by atoms with Crippen molar-refractivity contribution in [3.05, 3.63) is 0 Å². The molecule has 0 saturated heterocycles. The van der Waals surface area contributed by atoms with Crippen molar-refractivity contribution < 1.29 is 25.6 Å². The molecule has 0 aromatic heterocycles. The van der Waals surface area contributed by atoms with Crippen LogP contribution in [0.3, 0.4) is 0 Å². The summed E-state index contributed by atoms with van der Waals surface area (Å²) in [6, 6.07) is -0.181. The van der Waals surface area contributed by atoms with E-state index in [-0.39, 0.29) is 6.04 Å². The summed E-state index contributed by atoms with van der Waals surface area (Å²) in [6.07, 6.45) is 12.9. The molecule has 0 aliphatic rings. The van der Waals surface area contributed by atoms with Crippen molar-refractivity contribution in [3.8, 4) is 0 Å². The fourth-order valence-corrected chi connectivity index (χ4v) is 3.51. The van der Waals surface area contributed by atoms with Gasteiger partial charge in [-0.15, -0.1) is 0 Å². The van der Waals surface area contributed by atoms with Crippen molar-refractivity contribution in [1.29, 1.82) is 0 Å². The molecule has 0 N–H and O–H groups in total. The van der Waals surface area contributed by atoms with Crippen LogP contribution in [-0.2, 0) is 13.3 Å². The summed E-state index contributed by atoms with van der Waals surface area (Å²) in [5.41, 5.74) is 0. The maximum absolute atomic E-state index is 7.29. The van der Waals surface area contributed by atoms with Crippen molar-refractivity contribution in [2.24, 2.45) is 0 Å². The van der Waals surface area contributed by atoms with E-state index in [2.05, 4.69) is 6.92 Å². The van der Waals surface area contributed by atoms with Crippen LogP contribution in [0.5, 0.6) is 0 Å². The van der Waals surface area contributed by atoms with Crippen LogP contribution in [-0.4, -0.2) is 29.9 Å². The van der Waals surface area contributed by atoms with E-state index in [4.69, 9.17) is 25.6 Å². The summed E-state index contributed by atoms with van der Waals surface area (Å²) in [5.74, 6) is 0. The van der Waals surface area contributed by atoms with Gasteiger partial charge in [0, 0.05) is 27.2 Å². The van der Waals surface area contributed by atoms with E-state index in [9.17, 15) is 0 Å². The molecule has 4 heteroatoms. The number of unbranched alkanes of at least 4 members (excludes halogenated alkanes) is 11. The second-order valence-electron chi connectivity index (χ2n) is 5.63. The topological polar surface area (TPSA) is 27.7 Å². The van der Waals surface area contributed by atoms with Crippen molar-refractivity contribution in [2.75, 3.05) is 21.1 Å². The van der Waals surface area contributed by atoms with E-state index in [0.29, 0.717) is 12.8 Å². The highest BCUT2D eigenvalue weighted by atomic mass is 28.4. The lowest BCUT2D eigenvalue weighted by atomic mass is 10.1. The predicted molar refractivity (Wildman–Crippen MR) is 92.7 cm³/mol. The second-order valence-corrected chi connectivity index (χ2v) is 8.11. The zero-order valence-electron chi connectivity index (χ0n) is 22.4. The summed E-state index contributed by atoms with van der Waals surface area (Å²) in [7, 11) is -13.6. The Labute approximate surface area is 146 Å². The summed E-state index contributed by atoms with van der Waals surface area (Å²) in [6.45, 7) is 2.20. The summed E-state index contributed by atoms with van der Waals surface area (Å²) in [4.78, 5) is 0. The Balaban J connectivity index is 4.47. The third-order valence-electron chi connectivity index (χ3n) is 3.80. The molecule has 0 radical (unpaired) electrons. The SMILES string of the molecule is [2H]C([2H])([2H])O[Si](CCCCCCCCCCCCCC)(OC([2H])([2H])[2H])OC([2H])([2H])[2H]. The highest BCUT2D eigenvalue weighted by Gasteiger charge is 2.36. The monoisotopic (exact) mass is 327 g/mol. The number of hydrogen-bond donors (Lipinski definition) is 0. The Kier molecular flexibility index (Phi) is 7.19. The Morgan fingerprint density at radius 2 is 1.00 bits per heavy atom. The van der Waals surface area contributed by atoms with E-state index >= 15 is 0 Å². The average Bonchev–Trinajstić information content (AvgIpc) is 2.50. The molecule has 0 aliphatic carbocycles. The molecule has 0 amide bonds. The molecule has 0 saturated carbocycles. The van der Waals surface area contributed by atoms with Gasteiger partial charge in [0.05, 0.1) is 12.3 Å².